The molecule has 1 aromatic carbocycles. The zero-order valence-corrected chi connectivity index (χ0v) is 13.4. The third-order valence-electron chi connectivity index (χ3n) is 5.17. The lowest BCUT2D eigenvalue weighted by Gasteiger charge is -2.37. The van der Waals surface area contributed by atoms with Crippen molar-refractivity contribution in [2.24, 2.45) is 0 Å². The Kier molecular flexibility index (Phi) is 4.97. The van der Waals surface area contributed by atoms with Gasteiger partial charge in [-0.2, -0.15) is 0 Å². The molecule has 1 N–H and O–H groups in total. The van der Waals surface area contributed by atoms with Crippen LogP contribution in [0.25, 0.3) is 0 Å². The first kappa shape index (κ1) is 15.1. The second kappa shape index (κ2) is 6.93. The summed E-state index contributed by atoms with van der Waals surface area (Å²) < 4.78 is 5.84. The van der Waals surface area contributed by atoms with Crippen molar-refractivity contribution < 1.29 is 4.74 Å². The van der Waals surface area contributed by atoms with Crippen molar-refractivity contribution in [3.8, 4) is 0 Å². The van der Waals surface area contributed by atoms with Gasteiger partial charge >= 0.3 is 0 Å². The van der Waals surface area contributed by atoms with Crippen molar-refractivity contribution in [3.05, 3.63) is 35.9 Å². The summed E-state index contributed by atoms with van der Waals surface area (Å²) in [5, 5.41) is 3.91. The highest BCUT2D eigenvalue weighted by atomic mass is 16.5. The van der Waals surface area contributed by atoms with Gasteiger partial charge in [0.15, 0.2) is 0 Å². The van der Waals surface area contributed by atoms with Crippen molar-refractivity contribution >= 4 is 0 Å². The van der Waals surface area contributed by atoms with Gasteiger partial charge in [-0.15, -0.1) is 0 Å². The van der Waals surface area contributed by atoms with Crippen LogP contribution in [-0.2, 0) is 4.74 Å². The van der Waals surface area contributed by atoms with E-state index in [9.17, 15) is 0 Å². The minimum absolute atomic E-state index is 0.409. The molecule has 1 aromatic rings. The third kappa shape index (κ3) is 4.08. The Morgan fingerprint density at radius 1 is 0.857 bits per heavy atom. The Hall–Kier alpha value is -0.860. The molecule has 1 saturated heterocycles. The quantitative estimate of drug-likeness (QED) is 0.897. The summed E-state index contributed by atoms with van der Waals surface area (Å²) in [6.07, 6.45) is 8.45. The molecule has 1 saturated carbocycles. The van der Waals surface area contributed by atoms with Crippen molar-refractivity contribution in [3.63, 3.8) is 0 Å². The maximum atomic E-state index is 5.84. The lowest BCUT2D eigenvalue weighted by molar-refractivity contribution is -0.0441. The van der Waals surface area contributed by atoms with E-state index in [4.69, 9.17) is 4.74 Å². The Balaban J connectivity index is 1.48. The molecule has 2 atom stereocenters. The molecule has 1 aliphatic heterocycles. The predicted molar refractivity (Wildman–Crippen MR) is 87.6 cm³/mol. The number of ether oxygens (including phenoxy) is 1. The zero-order valence-electron chi connectivity index (χ0n) is 13.4. The maximum Gasteiger partial charge on any atom is 0.0565 e. The Labute approximate surface area is 129 Å². The van der Waals surface area contributed by atoms with E-state index in [2.05, 4.69) is 49.5 Å². The van der Waals surface area contributed by atoms with Gasteiger partial charge in [0.05, 0.1) is 12.2 Å². The summed E-state index contributed by atoms with van der Waals surface area (Å²) in [7, 11) is 0. The highest BCUT2D eigenvalue weighted by Crippen LogP contribution is 2.33. The van der Waals surface area contributed by atoms with Gasteiger partial charge in [-0.3, -0.25) is 0 Å². The van der Waals surface area contributed by atoms with Crippen LogP contribution in [0.15, 0.2) is 30.3 Å². The van der Waals surface area contributed by atoms with Gasteiger partial charge in [-0.25, -0.2) is 0 Å². The van der Waals surface area contributed by atoms with E-state index in [1.165, 1.54) is 44.1 Å². The summed E-state index contributed by atoms with van der Waals surface area (Å²) in [4.78, 5) is 0. The lowest BCUT2D eigenvalue weighted by Crippen LogP contribution is -2.46. The second-order valence-electron chi connectivity index (χ2n) is 7.05. The predicted octanol–water partition coefficient (Wildman–Crippen LogP) is 4.26. The van der Waals surface area contributed by atoms with Crippen molar-refractivity contribution in [1.29, 1.82) is 0 Å². The van der Waals surface area contributed by atoms with Crippen molar-refractivity contribution in [2.75, 3.05) is 0 Å². The minimum Gasteiger partial charge on any atom is -0.375 e. The summed E-state index contributed by atoms with van der Waals surface area (Å²) in [5.74, 6) is 0.775. The van der Waals surface area contributed by atoms with Gasteiger partial charge in [-0.05, 0) is 63.9 Å². The van der Waals surface area contributed by atoms with Gasteiger partial charge in [0, 0.05) is 12.1 Å². The molecule has 2 fully saturated rings. The van der Waals surface area contributed by atoms with Gasteiger partial charge in [-0.1, -0.05) is 30.3 Å². The first-order valence-electron chi connectivity index (χ1n) is 8.67. The molecule has 2 unspecified atom stereocenters. The normalized spacial score (nSPS) is 37.3. The second-order valence-corrected chi connectivity index (χ2v) is 7.05. The number of hydrogen-bond acceptors (Lipinski definition) is 2. The van der Waals surface area contributed by atoms with Crippen LogP contribution in [0.4, 0.5) is 0 Å². The maximum absolute atomic E-state index is 5.84. The fourth-order valence-electron chi connectivity index (χ4n) is 4.19. The molecule has 1 aliphatic carbocycles. The van der Waals surface area contributed by atoms with Gasteiger partial charge in [0.1, 0.15) is 0 Å². The van der Waals surface area contributed by atoms with E-state index in [-0.39, 0.29) is 0 Å². The van der Waals surface area contributed by atoms with Crippen LogP contribution in [0.5, 0.6) is 0 Å². The molecular weight excluding hydrogens is 258 g/mol. The summed E-state index contributed by atoms with van der Waals surface area (Å²) in [6, 6.07) is 12.4. The largest absolute Gasteiger partial charge is 0.375 e. The lowest BCUT2D eigenvalue weighted by atomic mass is 9.81. The Morgan fingerprint density at radius 2 is 1.48 bits per heavy atom. The van der Waals surface area contributed by atoms with Gasteiger partial charge < -0.3 is 10.1 Å². The van der Waals surface area contributed by atoms with Crippen LogP contribution in [0.3, 0.4) is 0 Å². The molecule has 3 rings (SSSR count). The SMILES string of the molecule is CC1CC(NC2CCC(c3ccccc3)CC2)CC(C)O1. The highest BCUT2D eigenvalue weighted by Gasteiger charge is 2.28. The number of nitrogens with one attached hydrogen (secondary N) is 1. The third-order valence-corrected chi connectivity index (χ3v) is 5.17. The van der Waals surface area contributed by atoms with Crippen LogP contribution in [0, 0.1) is 0 Å². The highest BCUT2D eigenvalue weighted by molar-refractivity contribution is 5.20. The molecule has 0 radical (unpaired) electrons. The number of rotatable bonds is 3. The average molecular weight is 287 g/mol. The molecule has 0 spiro atoms. The van der Waals surface area contributed by atoms with E-state index in [0.717, 1.165) is 5.92 Å². The van der Waals surface area contributed by atoms with Crippen LogP contribution in [-0.4, -0.2) is 24.3 Å². The molecule has 2 heteroatoms. The molecule has 0 bridgehead atoms. The molecule has 0 aromatic heterocycles. The number of benzene rings is 1. The van der Waals surface area contributed by atoms with Crippen molar-refractivity contribution in [2.45, 2.75) is 82.6 Å². The molecule has 2 aliphatic rings. The fraction of sp³-hybridized carbons (Fsp3) is 0.684. The first-order valence-corrected chi connectivity index (χ1v) is 8.67. The van der Waals surface area contributed by atoms with E-state index in [0.29, 0.717) is 24.3 Å². The Morgan fingerprint density at radius 3 is 2.10 bits per heavy atom. The number of hydrogen-bond donors (Lipinski definition) is 1. The smallest absolute Gasteiger partial charge is 0.0565 e. The topological polar surface area (TPSA) is 21.3 Å². The summed E-state index contributed by atoms with van der Waals surface area (Å²) in [6.45, 7) is 4.41. The molecule has 21 heavy (non-hydrogen) atoms. The summed E-state index contributed by atoms with van der Waals surface area (Å²) >= 11 is 0. The molecule has 116 valence electrons. The van der Waals surface area contributed by atoms with E-state index < -0.39 is 0 Å². The van der Waals surface area contributed by atoms with Crippen LogP contribution >= 0.6 is 0 Å². The molecule has 0 amide bonds. The summed E-state index contributed by atoms with van der Waals surface area (Å²) in [5.41, 5.74) is 1.53. The van der Waals surface area contributed by atoms with Crippen molar-refractivity contribution in [1.82, 2.24) is 5.32 Å². The monoisotopic (exact) mass is 287 g/mol. The van der Waals surface area contributed by atoms with E-state index >= 15 is 0 Å². The minimum atomic E-state index is 0.409. The molecule has 2 nitrogen and oxygen atoms in total. The van der Waals surface area contributed by atoms with E-state index in [1.54, 1.807) is 0 Å². The van der Waals surface area contributed by atoms with Crippen LogP contribution < -0.4 is 5.32 Å². The standard InChI is InChI=1S/C19H29NO/c1-14-12-19(13-15(2)21-14)20-18-10-8-17(9-11-18)16-6-4-3-5-7-16/h3-7,14-15,17-20H,8-13H2,1-2H3. The first-order chi connectivity index (χ1) is 10.2. The van der Waals surface area contributed by atoms with Gasteiger partial charge in [0.2, 0.25) is 0 Å². The van der Waals surface area contributed by atoms with E-state index in [1.807, 2.05) is 0 Å². The van der Waals surface area contributed by atoms with Crippen LogP contribution in [0.2, 0.25) is 0 Å². The molecular formula is C19H29NO. The Bertz CT molecular complexity index is 414. The average Bonchev–Trinajstić information content (AvgIpc) is 2.48. The van der Waals surface area contributed by atoms with Crippen LogP contribution in [0.1, 0.15) is 63.9 Å². The zero-order chi connectivity index (χ0) is 14.7. The molecule has 1 heterocycles. The fourth-order valence-corrected chi connectivity index (χ4v) is 4.19. The van der Waals surface area contributed by atoms with Gasteiger partial charge in [0.25, 0.3) is 0 Å².